The highest BCUT2D eigenvalue weighted by molar-refractivity contribution is 7.86. The first kappa shape index (κ1) is 11.5. The average Bonchev–Trinajstić information content (AvgIpc) is 2.15. The standard InChI is InChI=1S/C11H13FO3S/c1-16(13,14)15-9-5-6-10-8(7-9)3-2-4-11(10)12/h2-4,9H,5-7H2,1H3/t9-/m0/s1. The SMILES string of the molecule is CS(=O)(=O)O[C@H]1CCc2c(F)cccc2C1. The Bertz CT molecular complexity index is 496. The van der Waals surface area contributed by atoms with E-state index in [0.29, 0.717) is 24.8 Å². The number of rotatable bonds is 2. The highest BCUT2D eigenvalue weighted by Gasteiger charge is 2.24. The van der Waals surface area contributed by atoms with E-state index in [4.69, 9.17) is 4.18 Å². The molecule has 1 aromatic rings. The van der Waals surface area contributed by atoms with Crippen LogP contribution in [0.5, 0.6) is 0 Å². The van der Waals surface area contributed by atoms with Crippen molar-refractivity contribution in [3.63, 3.8) is 0 Å². The second-order valence-corrected chi connectivity index (χ2v) is 5.64. The quantitative estimate of drug-likeness (QED) is 0.743. The first-order valence-electron chi connectivity index (χ1n) is 5.10. The van der Waals surface area contributed by atoms with Crippen LogP contribution < -0.4 is 0 Å². The van der Waals surface area contributed by atoms with Crippen molar-refractivity contribution in [3.05, 3.63) is 35.1 Å². The second-order valence-electron chi connectivity index (χ2n) is 4.04. The van der Waals surface area contributed by atoms with Crippen LogP contribution >= 0.6 is 0 Å². The van der Waals surface area contributed by atoms with E-state index >= 15 is 0 Å². The van der Waals surface area contributed by atoms with E-state index in [-0.39, 0.29) is 11.9 Å². The summed E-state index contributed by atoms with van der Waals surface area (Å²) >= 11 is 0. The molecular formula is C11H13FO3S. The molecule has 3 nitrogen and oxygen atoms in total. The van der Waals surface area contributed by atoms with Gasteiger partial charge in [0.15, 0.2) is 0 Å². The summed E-state index contributed by atoms with van der Waals surface area (Å²) in [4.78, 5) is 0. The van der Waals surface area contributed by atoms with Gasteiger partial charge in [0.2, 0.25) is 0 Å². The van der Waals surface area contributed by atoms with Crippen LogP contribution in [0.4, 0.5) is 4.39 Å². The van der Waals surface area contributed by atoms with Crippen molar-refractivity contribution in [3.8, 4) is 0 Å². The van der Waals surface area contributed by atoms with E-state index < -0.39 is 10.1 Å². The first-order chi connectivity index (χ1) is 7.46. The van der Waals surface area contributed by atoms with Crippen LogP contribution in [-0.4, -0.2) is 20.8 Å². The summed E-state index contributed by atoms with van der Waals surface area (Å²) in [6.07, 6.45) is 2.21. The van der Waals surface area contributed by atoms with Crippen molar-refractivity contribution in [2.75, 3.05) is 6.26 Å². The molecule has 0 unspecified atom stereocenters. The number of hydrogen-bond donors (Lipinski definition) is 0. The van der Waals surface area contributed by atoms with Gasteiger partial charge in [-0.3, -0.25) is 4.18 Å². The van der Waals surface area contributed by atoms with E-state index in [9.17, 15) is 12.8 Å². The molecule has 0 aliphatic heterocycles. The average molecular weight is 244 g/mol. The maximum absolute atomic E-state index is 13.4. The van der Waals surface area contributed by atoms with Gasteiger partial charge in [-0.05, 0) is 30.0 Å². The van der Waals surface area contributed by atoms with Gasteiger partial charge in [-0.15, -0.1) is 0 Å². The summed E-state index contributed by atoms with van der Waals surface area (Å²) in [5, 5.41) is 0. The van der Waals surface area contributed by atoms with Crippen molar-refractivity contribution in [1.82, 2.24) is 0 Å². The normalized spacial score (nSPS) is 20.5. The third-order valence-corrected chi connectivity index (χ3v) is 3.31. The van der Waals surface area contributed by atoms with Crippen LogP contribution in [0.1, 0.15) is 17.5 Å². The van der Waals surface area contributed by atoms with Gasteiger partial charge in [0.05, 0.1) is 12.4 Å². The van der Waals surface area contributed by atoms with Gasteiger partial charge in [-0.25, -0.2) is 4.39 Å². The zero-order valence-corrected chi connectivity index (χ0v) is 9.76. The number of fused-ring (bicyclic) bond motifs is 1. The zero-order chi connectivity index (χ0) is 11.8. The fourth-order valence-electron chi connectivity index (χ4n) is 2.06. The molecule has 88 valence electrons. The molecule has 0 N–H and O–H groups in total. The van der Waals surface area contributed by atoms with E-state index in [2.05, 4.69) is 0 Å². The van der Waals surface area contributed by atoms with E-state index in [0.717, 1.165) is 11.8 Å². The molecule has 0 aromatic heterocycles. The first-order valence-corrected chi connectivity index (χ1v) is 6.92. The molecule has 1 aliphatic carbocycles. The molecule has 1 aliphatic rings. The van der Waals surface area contributed by atoms with Crippen molar-refractivity contribution < 1.29 is 17.0 Å². The summed E-state index contributed by atoms with van der Waals surface area (Å²) in [6, 6.07) is 4.88. The van der Waals surface area contributed by atoms with Crippen LogP contribution in [0.25, 0.3) is 0 Å². The van der Waals surface area contributed by atoms with Crippen molar-refractivity contribution >= 4 is 10.1 Å². The molecule has 5 heteroatoms. The largest absolute Gasteiger partial charge is 0.267 e. The molecule has 0 spiro atoms. The Morgan fingerprint density at radius 3 is 2.88 bits per heavy atom. The summed E-state index contributed by atoms with van der Waals surface area (Å²) in [7, 11) is -3.43. The van der Waals surface area contributed by atoms with Gasteiger partial charge < -0.3 is 0 Å². The Balaban J connectivity index is 2.19. The van der Waals surface area contributed by atoms with E-state index in [1.165, 1.54) is 6.07 Å². The molecule has 0 heterocycles. The second kappa shape index (κ2) is 4.14. The lowest BCUT2D eigenvalue weighted by atomic mass is 9.89. The lowest BCUT2D eigenvalue weighted by Crippen LogP contribution is -2.25. The Hall–Kier alpha value is -0.940. The summed E-state index contributed by atoms with van der Waals surface area (Å²) in [6.45, 7) is 0. The summed E-state index contributed by atoms with van der Waals surface area (Å²) < 4.78 is 40.3. The maximum Gasteiger partial charge on any atom is 0.264 e. The Kier molecular flexibility index (Phi) is 2.99. The van der Waals surface area contributed by atoms with E-state index in [1.54, 1.807) is 6.07 Å². The highest BCUT2D eigenvalue weighted by Crippen LogP contribution is 2.25. The topological polar surface area (TPSA) is 43.4 Å². The number of benzene rings is 1. The predicted molar refractivity (Wildman–Crippen MR) is 58.1 cm³/mol. The van der Waals surface area contributed by atoms with Gasteiger partial charge in [-0.1, -0.05) is 12.1 Å². The number of halogens is 1. The smallest absolute Gasteiger partial charge is 0.264 e. The van der Waals surface area contributed by atoms with Crippen molar-refractivity contribution in [1.29, 1.82) is 0 Å². The van der Waals surface area contributed by atoms with Crippen molar-refractivity contribution in [2.24, 2.45) is 0 Å². The summed E-state index contributed by atoms with van der Waals surface area (Å²) in [5.74, 6) is -0.213. The van der Waals surface area contributed by atoms with Gasteiger partial charge in [0.25, 0.3) is 10.1 Å². The molecular weight excluding hydrogens is 231 g/mol. The van der Waals surface area contributed by atoms with Crippen LogP contribution in [-0.2, 0) is 27.1 Å². The molecule has 1 aromatic carbocycles. The Morgan fingerprint density at radius 2 is 2.19 bits per heavy atom. The third-order valence-electron chi connectivity index (χ3n) is 2.69. The Labute approximate surface area is 94.4 Å². The van der Waals surface area contributed by atoms with Crippen LogP contribution in [0.2, 0.25) is 0 Å². The predicted octanol–water partition coefficient (Wildman–Crippen LogP) is 1.66. The lowest BCUT2D eigenvalue weighted by Gasteiger charge is -2.23. The third kappa shape index (κ3) is 2.59. The molecule has 1 atom stereocenters. The monoisotopic (exact) mass is 244 g/mol. The molecule has 0 fully saturated rings. The van der Waals surface area contributed by atoms with Crippen LogP contribution in [0.15, 0.2) is 18.2 Å². The molecule has 16 heavy (non-hydrogen) atoms. The van der Waals surface area contributed by atoms with Crippen LogP contribution in [0.3, 0.4) is 0 Å². The Morgan fingerprint density at radius 1 is 1.44 bits per heavy atom. The zero-order valence-electron chi connectivity index (χ0n) is 8.94. The van der Waals surface area contributed by atoms with Gasteiger partial charge >= 0.3 is 0 Å². The lowest BCUT2D eigenvalue weighted by molar-refractivity contribution is 0.193. The minimum absolute atomic E-state index is 0.213. The van der Waals surface area contributed by atoms with Gasteiger partial charge in [0.1, 0.15) is 5.82 Å². The van der Waals surface area contributed by atoms with Gasteiger partial charge in [-0.2, -0.15) is 8.42 Å². The molecule has 0 saturated heterocycles. The molecule has 0 amide bonds. The molecule has 0 radical (unpaired) electrons. The summed E-state index contributed by atoms with van der Waals surface area (Å²) in [5.41, 5.74) is 1.54. The minimum atomic E-state index is -3.43. The van der Waals surface area contributed by atoms with E-state index in [1.807, 2.05) is 6.07 Å². The fourth-order valence-corrected chi connectivity index (χ4v) is 2.72. The van der Waals surface area contributed by atoms with Gasteiger partial charge in [0, 0.05) is 6.42 Å². The minimum Gasteiger partial charge on any atom is -0.267 e. The fraction of sp³-hybridized carbons (Fsp3) is 0.455. The van der Waals surface area contributed by atoms with Crippen molar-refractivity contribution in [2.45, 2.75) is 25.4 Å². The number of hydrogen-bond acceptors (Lipinski definition) is 3. The molecule has 0 saturated carbocycles. The molecule has 0 bridgehead atoms. The van der Waals surface area contributed by atoms with Crippen LogP contribution in [0, 0.1) is 5.82 Å². The molecule has 2 rings (SSSR count). The highest BCUT2D eigenvalue weighted by atomic mass is 32.2. The maximum atomic E-state index is 13.4.